The minimum absolute atomic E-state index is 0.0182. The van der Waals surface area contributed by atoms with Crippen LogP contribution in [-0.4, -0.2) is 27.6 Å². The molecular formula is C27H33N3OS. The molecule has 0 saturated heterocycles. The highest BCUT2D eigenvalue weighted by Gasteiger charge is 2.24. The van der Waals surface area contributed by atoms with Crippen molar-refractivity contribution in [3.63, 3.8) is 0 Å². The van der Waals surface area contributed by atoms with Crippen LogP contribution < -0.4 is 10.9 Å². The van der Waals surface area contributed by atoms with E-state index in [1.807, 2.05) is 12.1 Å². The average Bonchev–Trinajstić information content (AvgIpc) is 2.79. The lowest BCUT2D eigenvalue weighted by atomic mass is 9.94. The Morgan fingerprint density at radius 2 is 1.84 bits per heavy atom. The second kappa shape index (κ2) is 10.3. The standard InChI is InChI=1S/C27H33N3OS/c1-19-15-20(2)24-17-22(26(31)29-25(24)16-19)18-30(23-11-7-4-8-12-23)27(32)28-14-13-21-9-5-3-6-10-21/h3,5-6,9-10,15-17,23H,4,7-8,11-14,18H2,1-2H3,(H,28,32)(H,29,31). The Hall–Kier alpha value is -2.66. The van der Waals surface area contributed by atoms with Gasteiger partial charge in [0.05, 0.1) is 6.54 Å². The van der Waals surface area contributed by atoms with Crippen molar-refractivity contribution in [1.29, 1.82) is 0 Å². The average molecular weight is 448 g/mol. The maximum absolute atomic E-state index is 12.9. The van der Waals surface area contributed by atoms with Crippen molar-refractivity contribution >= 4 is 28.2 Å². The van der Waals surface area contributed by atoms with Crippen molar-refractivity contribution in [2.45, 2.75) is 65.0 Å². The van der Waals surface area contributed by atoms with Crippen molar-refractivity contribution in [2.75, 3.05) is 6.54 Å². The van der Waals surface area contributed by atoms with Gasteiger partial charge in [-0.1, -0.05) is 55.7 Å². The van der Waals surface area contributed by atoms with Gasteiger partial charge in [0.1, 0.15) is 0 Å². The molecule has 0 radical (unpaired) electrons. The highest BCUT2D eigenvalue weighted by Crippen LogP contribution is 2.25. The van der Waals surface area contributed by atoms with Gasteiger partial charge >= 0.3 is 0 Å². The summed E-state index contributed by atoms with van der Waals surface area (Å²) >= 11 is 5.86. The molecule has 1 aliphatic rings. The molecule has 0 atom stereocenters. The van der Waals surface area contributed by atoms with E-state index in [0.29, 0.717) is 12.6 Å². The number of H-pyrrole nitrogens is 1. The van der Waals surface area contributed by atoms with Crippen LogP contribution in [0.2, 0.25) is 0 Å². The lowest BCUT2D eigenvalue weighted by molar-refractivity contribution is 0.234. The second-order valence-electron chi connectivity index (χ2n) is 9.05. The molecule has 1 aliphatic carbocycles. The van der Waals surface area contributed by atoms with Crippen LogP contribution in [0.4, 0.5) is 0 Å². The predicted octanol–water partition coefficient (Wildman–Crippen LogP) is 5.40. The quantitative estimate of drug-likeness (QED) is 0.497. The molecule has 0 amide bonds. The molecule has 168 valence electrons. The molecular weight excluding hydrogens is 414 g/mol. The summed E-state index contributed by atoms with van der Waals surface area (Å²) in [4.78, 5) is 18.3. The number of thiocarbonyl (C=S) groups is 1. The van der Waals surface area contributed by atoms with Crippen LogP contribution in [0.25, 0.3) is 10.9 Å². The van der Waals surface area contributed by atoms with Gasteiger partial charge in [-0.25, -0.2) is 0 Å². The van der Waals surface area contributed by atoms with Gasteiger partial charge < -0.3 is 15.2 Å². The van der Waals surface area contributed by atoms with E-state index in [2.05, 4.69) is 65.4 Å². The van der Waals surface area contributed by atoms with E-state index in [-0.39, 0.29) is 5.56 Å². The van der Waals surface area contributed by atoms with Gasteiger partial charge in [0.2, 0.25) is 0 Å². The smallest absolute Gasteiger partial charge is 0.253 e. The Labute approximate surface area is 196 Å². The van der Waals surface area contributed by atoms with E-state index in [9.17, 15) is 4.79 Å². The third kappa shape index (κ3) is 5.39. The Morgan fingerprint density at radius 1 is 1.09 bits per heavy atom. The first kappa shape index (κ1) is 22.5. The number of aromatic amines is 1. The second-order valence-corrected chi connectivity index (χ2v) is 9.44. The maximum Gasteiger partial charge on any atom is 0.253 e. The normalized spacial score (nSPS) is 14.4. The first-order valence-corrected chi connectivity index (χ1v) is 12.1. The zero-order valence-electron chi connectivity index (χ0n) is 19.1. The topological polar surface area (TPSA) is 48.1 Å². The molecule has 1 heterocycles. The molecule has 5 heteroatoms. The molecule has 3 aromatic rings. The van der Waals surface area contributed by atoms with Gasteiger partial charge in [-0.2, -0.15) is 0 Å². The number of fused-ring (bicyclic) bond motifs is 1. The van der Waals surface area contributed by atoms with Crippen molar-refractivity contribution < 1.29 is 0 Å². The summed E-state index contributed by atoms with van der Waals surface area (Å²) in [6.45, 7) is 5.49. The van der Waals surface area contributed by atoms with Crippen molar-refractivity contribution in [1.82, 2.24) is 15.2 Å². The Morgan fingerprint density at radius 3 is 2.59 bits per heavy atom. The molecule has 0 unspecified atom stereocenters. The minimum atomic E-state index is -0.0182. The third-order valence-corrected chi connectivity index (χ3v) is 6.92. The highest BCUT2D eigenvalue weighted by molar-refractivity contribution is 7.80. The van der Waals surface area contributed by atoms with E-state index in [1.165, 1.54) is 30.4 Å². The summed E-state index contributed by atoms with van der Waals surface area (Å²) in [5.74, 6) is 0. The van der Waals surface area contributed by atoms with Gasteiger partial charge in [0, 0.05) is 29.1 Å². The molecule has 2 aromatic carbocycles. The van der Waals surface area contributed by atoms with Gasteiger partial charge in [-0.15, -0.1) is 0 Å². The lowest BCUT2D eigenvalue weighted by Gasteiger charge is -2.36. The van der Waals surface area contributed by atoms with Crippen LogP contribution in [0.5, 0.6) is 0 Å². The lowest BCUT2D eigenvalue weighted by Crippen LogP contribution is -2.47. The number of nitrogens with one attached hydrogen (secondary N) is 2. The summed E-state index contributed by atoms with van der Waals surface area (Å²) in [6.07, 6.45) is 6.91. The zero-order valence-corrected chi connectivity index (χ0v) is 19.9. The Kier molecular flexibility index (Phi) is 7.26. The maximum atomic E-state index is 12.9. The molecule has 4 nitrogen and oxygen atoms in total. The van der Waals surface area contributed by atoms with E-state index in [1.54, 1.807) is 0 Å². The van der Waals surface area contributed by atoms with Gasteiger partial charge in [-0.05, 0) is 74.2 Å². The van der Waals surface area contributed by atoms with E-state index in [4.69, 9.17) is 12.2 Å². The summed E-state index contributed by atoms with van der Waals surface area (Å²) in [5, 5.41) is 5.33. The van der Waals surface area contributed by atoms with Crippen LogP contribution in [0.3, 0.4) is 0 Å². The van der Waals surface area contributed by atoms with E-state index in [0.717, 1.165) is 52.9 Å². The van der Waals surface area contributed by atoms with Crippen molar-refractivity contribution in [2.24, 2.45) is 0 Å². The molecule has 1 saturated carbocycles. The number of rotatable bonds is 6. The van der Waals surface area contributed by atoms with Crippen LogP contribution >= 0.6 is 12.2 Å². The summed E-state index contributed by atoms with van der Waals surface area (Å²) in [5.41, 5.74) is 5.31. The first-order valence-electron chi connectivity index (χ1n) is 11.7. The number of aryl methyl sites for hydroxylation is 2. The molecule has 0 bridgehead atoms. The van der Waals surface area contributed by atoms with Crippen molar-refractivity contribution in [3.05, 3.63) is 81.1 Å². The fourth-order valence-electron chi connectivity index (χ4n) is 4.84. The predicted molar refractivity (Wildman–Crippen MR) is 137 cm³/mol. The number of benzene rings is 2. The molecule has 2 N–H and O–H groups in total. The molecule has 32 heavy (non-hydrogen) atoms. The third-order valence-electron chi connectivity index (χ3n) is 6.54. The summed E-state index contributed by atoms with van der Waals surface area (Å²) in [7, 11) is 0. The molecule has 0 aliphatic heterocycles. The number of nitrogens with zero attached hydrogens (tertiary/aromatic N) is 1. The van der Waals surface area contributed by atoms with Gasteiger partial charge in [-0.3, -0.25) is 4.79 Å². The summed E-state index contributed by atoms with van der Waals surface area (Å²) in [6, 6.07) is 17.1. The monoisotopic (exact) mass is 447 g/mol. The number of pyridine rings is 1. The summed E-state index contributed by atoms with van der Waals surface area (Å²) < 4.78 is 0. The fraction of sp³-hybridized carbons (Fsp3) is 0.407. The zero-order chi connectivity index (χ0) is 22.5. The number of aromatic nitrogens is 1. The van der Waals surface area contributed by atoms with Gasteiger partial charge in [0.15, 0.2) is 5.11 Å². The van der Waals surface area contributed by atoms with Crippen molar-refractivity contribution in [3.8, 4) is 0 Å². The van der Waals surface area contributed by atoms with E-state index < -0.39 is 0 Å². The number of hydrogen-bond donors (Lipinski definition) is 2. The number of hydrogen-bond acceptors (Lipinski definition) is 2. The SMILES string of the molecule is Cc1cc(C)c2cc(CN(C(=S)NCCc3ccccc3)C3CCCCC3)c(=O)[nH]c2c1. The first-order chi connectivity index (χ1) is 15.5. The van der Waals surface area contributed by atoms with Crippen LogP contribution in [0, 0.1) is 13.8 Å². The Balaban J connectivity index is 1.54. The van der Waals surface area contributed by atoms with Crippen LogP contribution in [0.1, 0.15) is 54.4 Å². The van der Waals surface area contributed by atoms with E-state index >= 15 is 0 Å². The largest absolute Gasteiger partial charge is 0.362 e. The van der Waals surface area contributed by atoms with Crippen LogP contribution in [-0.2, 0) is 13.0 Å². The van der Waals surface area contributed by atoms with Crippen LogP contribution in [0.15, 0.2) is 53.3 Å². The van der Waals surface area contributed by atoms with Gasteiger partial charge in [0.25, 0.3) is 5.56 Å². The fourth-order valence-corrected chi connectivity index (χ4v) is 5.15. The highest BCUT2D eigenvalue weighted by atomic mass is 32.1. The minimum Gasteiger partial charge on any atom is -0.362 e. The molecule has 1 aromatic heterocycles. The molecule has 1 fully saturated rings. The molecule has 0 spiro atoms. The molecule has 4 rings (SSSR count). The Bertz CT molecular complexity index is 1130.